The van der Waals surface area contributed by atoms with Crippen molar-refractivity contribution in [2.24, 2.45) is 0 Å². The van der Waals surface area contributed by atoms with E-state index in [1.807, 2.05) is 18.2 Å². The Morgan fingerprint density at radius 3 is 2.71 bits per heavy atom. The fourth-order valence-corrected chi connectivity index (χ4v) is 1.50. The quantitative estimate of drug-likeness (QED) is 0.669. The number of carboxylic acid groups (broad SMARTS) is 1. The average molecular weight is 237 g/mol. The second-order valence-corrected chi connectivity index (χ2v) is 3.84. The van der Waals surface area contributed by atoms with Crippen molar-refractivity contribution in [3.8, 4) is 0 Å². The number of aryl methyl sites for hydroxylation is 1. The van der Waals surface area contributed by atoms with Crippen molar-refractivity contribution in [1.82, 2.24) is 5.32 Å². The molecule has 0 amide bonds. The highest BCUT2D eigenvalue weighted by atomic mass is 16.5. The lowest BCUT2D eigenvalue weighted by atomic mass is 10.1. The molecule has 1 unspecified atom stereocenters. The maximum Gasteiger partial charge on any atom is 0.323 e. The van der Waals surface area contributed by atoms with E-state index in [1.165, 1.54) is 5.56 Å². The minimum Gasteiger partial charge on any atom is -0.480 e. The van der Waals surface area contributed by atoms with Gasteiger partial charge in [-0.05, 0) is 25.5 Å². The van der Waals surface area contributed by atoms with Gasteiger partial charge in [-0.25, -0.2) is 0 Å². The van der Waals surface area contributed by atoms with Crippen LogP contribution in [0.25, 0.3) is 0 Å². The Hall–Kier alpha value is -1.39. The van der Waals surface area contributed by atoms with Gasteiger partial charge in [-0.1, -0.05) is 30.3 Å². The van der Waals surface area contributed by atoms with Gasteiger partial charge in [0.2, 0.25) is 0 Å². The van der Waals surface area contributed by atoms with Crippen LogP contribution in [0.5, 0.6) is 0 Å². The van der Waals surface area contributed by atoms with Crippen LogP contribution in [0.2, 0.25) is 0 Å². The predicted molar refractivity (Wildman–Crippen MR) is 66.1 cm³/mol. The van der Waals surface area contributed by atoms with Crippen molar-refractivity contribution in [3.63, 3.8) is 0 Å². The molecule has 4 nitrogen and oxygen atoms in total. The molecule has 4 heteroatoms. The van der Waals surface area contributed by atoms with Gasteiger partial charge in [0, 0.05) is 6.61 Å². The van der Waals surface area contributed by atoms with E-state index in [1.54, 1.807) is 7.05 Å². The van der Waals surface area contributed by atoms with E-state index < -0.39 is 12.0 Å². The molecular formula is C13H19NO3. The molecule has 0 saturated carbocycles. The van der Waals surface area contributed by atoms with Gasteiger partial charge in [-0.2, -0.15) is 0 Å². The second-order valence-electron chi connectivity index (χ2n) is 3.84. The zero-order chi connectivity index (χ0) is 12.5. The van der Waals surface area contributed by atoms with Crippen LogP contribution in [0.4, 0.5) is 0 Å². The number of aliphatic carboxylic acids is 1. The summed E-state index contributed by atoms with van der Waals surface area (Å²) >= 11 is 0. The van der Waals surface area contributed by atoms with Crippen molar-refractivity contribution in [1.29, 1.82) is 0 Å². The first-order valence-electron chi connectivity index (χ1n) is 5.75. The number of hydrogen-bond donors (Lipinski definition) is 2. The zero-order valence-electron chi connectivity index (χ0n) is 10.1. The fraction of sp³-hybridized carbons (Fsp3) is 0.462. The molecule has 1 atom stereocenters. The third-order valence-electron chi connectivity index (χ3n) is 2.53. The third-order valence-corrected chi connectivity index (χ3v) is 2.53. The number of hydrogen-bond acceptors (Lipinski definition) is 3. The monoisotopic (exact) mass is 237 g/mol. The van der Waals surface area contributed by atoms with Crippen LogP contribution >= 0.6 is 0 Å². The molecular weight excluding hydrogens is 218 g/mol. The molecule has 0 aliphatic heterocycles. The van der Waals surface area contributed by atoms with E-state index in [0.29, 0.717) is 6.61 Å². The lowest BCUT2D eigenvalue weighted by Crippen LogP contribution is -2.38. The van der Waals surface area contributed by atoms with Crippen LogP contribution in [0.15, 0.2) is 30.3 Å². The SMILES string of the molecule is CNC(COCCCc1ccccc1)C(=O)O. The normalized spacial score (nSPS) is 12.3. The Kier molecular flexibility index (Phi) is 6.29. The predicted octanol–water partition coefficient (Wildman–Crippen LogP) is 1.31. The number of carboxylic acids is 1. The molecule has 2 N–H and O–H groups in total. The van der Waals surface area contributed by atoms with Gasteiger partial charge >= 0.3 is 5.97 Å². The minimum absolute atomic E-state index is 0.209. The Balaban J connectivity index is 2.10. The lowest BCUT2D eigenvalue weighted by molar-refractivity contribution is -0.140. The summed E-state index contributed by atoms with van der Waals surface area (Å²) in [4.78, 5) is 10.7. The molecule has 0 fully saturated rings. The molecule has 0 aromatic heterocycles. The van der Waals surface area contributed by atoms with Crippen molar-refractivity contribution in [2.75, 3.05) is 20.3 Å². The van der Waals surface area contributed by atoms with Crippen LogP contribution in [-0.2, 0) is 16.0 Å². The fourth-order valence-electron chi connectivity index (χ4n) is 1.50. The van der Waals surface area contributed by atoms with Crippen molar-refractivity contribution in [3.05, 3.63) is 35.9 Å². The number of likely N-dealkylation sites (N-methyl/N-ethyl adjacent to an activating group) is 1. The van der Waals surface area contributed by atoms with Gasteiger partial charge < -0.3 is 15.2 Å². The summed E-state index contributed by atoms with van der Waals surface area (Å²) in [7, 11) is 1.62. The molecule has 1 rings (SSSR count). The first kappa shape index (κ1) is 13.7. The molecule has 0 saturated heterocycles. The number of carbonyl (C=O) groups is 1. The van der Waals surface area contributed by atoms with E-state index in [0.717, 1.165) is 12.8 Å². The Labute approximate surface area is 102 Å². The van der Waals surface area contributed by atoms with E-state index >= 15 is 0 Å². The van der Waals surface area contributed by atoms with Crippen molar-refractivity contribution < 1.29 is 14.6 Å². The molecule has 1 aromatic rings. The van der Waals surface area contributed by atoms with Crippen molar-refractivity contribution in [2.45, 2.75) is 18.9 Å². The lowest BCUT2D eigenvalue weighted by Gasteiger charge is -2.11. The van der Waals surface area contributed by atoms with Crippen LogP contribution in [0.3, 0.4) is 0 Å². The summed E-state index contributed by atoms with van der Waals surface area (Å²) in [6, 6.07) is 9.55. The van der Waals surface area contributed by atoms with E-state index in [2.05, 4.69) is 17.4 Å². The first-order valence-corrected chi connectivity index (χ1v) is 5.75. The summed E-state index contributed by atoms with van der Waals surface area (Å²) in [5, 5.41) is 11.5. The Bertz CT molecular complexity index is 327. The highest BCUT2D eigenvalue weighted by Gasteiger charge is 2.13. The molecule has 0 aliphatic carbocycles. The average Bonchev–Trinajstić information content (AvgIpc) is 2.34. The van der Waals surface area contributed by atoms with Crippen LogP contribution in [0, 0.1) is 0 Å². The van der Waals surface area contributed by atoms with E-state index in [4.69, 9.17) is 9.84 Å². The summed E-state index contributed by atoms with van der Waals surface area (Å²) in [5.41, 5.74) is 1.28. The summed E-state index contributed by atoms with van der Waals surface area (Å²) in [6.45, 7) is 0.793. The van der Waals surface area contributed by atoms with Gasteiger partial charge in [0.05, 0.1) is 6.61 Å². The molecule has 0 heterocycles. The summed E-state index contributed by atoms with van der Waals surface area (Å²) in [6.07, 6.45) is 1.86. The van der Waals surface area contributed by atoms with Gasteiger partial charge in [0.15, 0.2) is 0 Å². The summed E-state index contributed by atoms with van der Waals surface area (Å²) in [5.74, 6) is -0.879. The van der Waals surface area contributed by atoms with Gasteiger partial charge in [0.1, 0.15) is 6.04 Å². The maximum absolute atomic E-state index is 10.7. The Morgan fingerprint density at radius 1 is 1.41 bits per heavy atom. The smallest absolute Gasteiger partial charge is 0.323 e. The highest BCUT2D eigenvalue weighted by Crippen LogP contribution is 2.02. The molecule has 0 radical (unpaired) electrons. The second kappa shape index (κ2) is 7.81. The number of rotatable bonds is 8. The van der Waals surface area contributed by atoms with Gasteiger partial charge in [-0.3, -0.25) is 4.79 Å². The third kappa shape index (κ3) is 5.47. The van der Waals surface area contributed by atoms with Crippen LogP contribution in [-0.4, -0.2) is 37.4 Å². The van der Waals surface area contributed by atoms with Gasteiger partial charge in [-0.15, -0.1) is 0 Å². The van der Waals surface area contributed by atoms with Crippen LogP contribution in [0.1, 0.15) is 12.0 Å². The maximum atomic E-state index is 10.7. The van der Waals surface area contributed by atoms with E-state index in [-0.39, 0.29) is 6.61 Å². The van der Waals surface area contributed by atoms with Crippen LogP contribution < -0.4 is 5.32 Å². The zero-order valence-corrected chi connectivity index (χ0v) is 10.1. The summed E-state index contributed by atoms with van der Waals surface area (Å²) < 4.78 is 5.33. The molecule has 17 heavy (non-hydrogen) atoms. The molecule has 0 spiro atoms. The van der Waals surface area contributed by atoms with E-state index in [9.17, 15) is 4.79 Å². The number of nitrogens with one attached hydrogen (secondary N) is 1. The Morgan fingerprint density at radius 2 is 2.12 bits per heavy atom. The van der Waals surface area contributed by atoms with Gasteiger partial charge in [0.25, 0.3) is 0 Å². The molecule has 0 aliphatic rings. The molecule has 1 aromatic carbocycles. The molecule has 94 valence electrons. The number of benzene rings is 1. The largest absolute Gasteiger partial charge is 0.480 e. The van der Waals surface area contributed by atoms with Crippen molar-refractivity contribution >= 4 is 5.97 Å². The minimum atomic E-state index is -0.879. The topological polar surface area (TPSA) is 58.6 Å². The standard InChI is InChI=1S/C13H19NO3/c1-14-12(13(15)16)10-17-9-5-8-11-6-3-2-4-7-11/h2-4,6-7,12,14H,5,8-10H2,1H3,(H,15,16). The molecule has 0 bridgehead atoms. The highest BCUT2D eigenvalue weighted by molar-refractivity contribution is 5.73. The number of ether oxygens (including phenoxy) is 1. The first-order chi connectivity index (χ1) is 8.24.